The van der Waals surface area contributed by atoms with Crippen LogP contribution in [-0.4, -0.2) is 22.9 Å². The third-order valence-electron chi connectivity index (χ3n) is 4.27. The fourth-order valence-electron chi connectivity index (χ4n) is 2.86. The Balaban J connectivity index is 2.01. The second kappa shape index (κ2) is 8.03. The number of nitriles is 1. The first-order chi connectivity index (χ1) is 11.0. The number of likely N-dealkylation sites (tertiary alicyclic amines) is 1. The SMILES string of the molecule is CC1CCCC(C)N1/C=C(/C#N)C(=O)NCc1ccc(Cl)cc1. The van der Waals surface area contributed by atoms with E-state index in [0.717, 1.165) is 18.4 Å². The van der Waals surface area contributed by atoms with Crippen LogP contribution >= 0.6 is 11.6 Å². The van der Waals surface area contributed by atoms with E-state index in [0.29, 0.717) is 23.7 Å². The summed E-state index contributed by atoms with van der Waals surface area (Å²) in [7, 11) is 0. The molecular weight excluding hydrogens is 310 g/mol. The molecule has 0 aliphatic carbocycles. The normalized spacial score (nSPS) is 21.7. The Labute approximate surface area is 142 Å². The van der Waals surface area contributed by atoms with Crippen LogP contribution in [0.4, 0.5) is 0 Å². The van der Waals surface area contributed by atoms with Crippen LogP contribution in [0, 0.1) is 11.3 Å². The van der Waals surface area contributed by atoms with Crippen LogP contribution < -0.4 is 5.32 Å². The molecule has 0 radical (unpaired) electrons. The first-order valence-electron chi connectivity index (χ1n) is 7.93. The standard InChI is InChI=1S/C18H22ClN3O/c1-13-4-3-5-14(2)22(13)12-16(10-20)18(23)21-11-15-6-8-17(19)9-7-15/h6-9,12-14H,3-5,11H2,1-2H3,(H,21,23)/b16-12-. The molecule has 122 valence electrons. The highest BCUT2D eigenvalue weighted by Gasteiger charge is 2.23. The molecular formula is C18H22ClN3O. The third kappa shape index (κ3) is 4.74. The minimum atomic E-state index is -0.340. The van der Waals surface area contributed by atoms with Gasteiger partial charge in [0.25, 0.3) is 5.91 Å². The fraction of sp³-hybridized carbons (Fsp3) is 0.444. The molecule has 1 saturated heterocycles. The maximum Gasteiger partial charge on any atom is 0.263 e. The summed E-state index contributed by atoms with van der Waals surface area (Å²) in [4.78, 5) is 14.4. The summed E-state index contributed by atoms with van der Waals surface area (Å²) in [5, 5.41) is 12.8. The molecule has 1 fully saturated rings. The number of halogens is 1. The van der Waals surface area contributed by atoms with Gasteiger partial charge in [-0.3, -0.25) is 4.79 Å². The zero-order valence-corrected chi connectivity index (χ0v) is 14.3. The van der Waals surface area contributed by atoms with E-state index in [1.807, 2.05) is 18.2 Å². The quantitative estimate of drug-likeness (QED) is 0.677. The van der Waals surface area contributed by atoms with Crippen LogP contribution in [0.1, 0.15) is 38.7 Å². The van der Waals surface area contributed by atoms with E-state index in [4.69, 9.17) is 11.6 Å². The highest BCUT2D eigenvalue weighted by molar-refractivity contribution is 6.30. The van der Waals surface area contributed by atoms with E-state index in [9.17, 15) is 10.1 Å². The Kier molecular flexibility index (Phi) is 6.06. The molecule has 0 bridgehead atoms. The highest BCUT2D eigenvalue weighted by atomic mass is 35.5. The Morgan fingerprint density at radius 1 is 1.35 bits per heavy atom. The van der Waals surface area contributed by atoms with Gasteiger partial charge in [-0.2, -0.15) is 5.26 Å². The van der Waals surface area contributed by atoms with Gasteiger partial charge in [-0.15, -0.1) is 0 Å². The van der Waals surface area contributed by atoms with Crippen molar-refractivity contribution >= 4 is 17.5 Å². The van der Waals surface area contributed by atoms with Crippen LogP contribution in [0.25, 0.3) is 0 Å². The minimum Gasteiger partial charge on any atom is -0.371 e. The largest absolute Gasteiger partial charge is 0.371 e. The van der Waals surface area contributed by atoms with Crippen LogP contribution in [0.15, 0.2) is 36.0 Å². The maximum atomic E-state index is 12.2. The summed E-state index contributed by atoms with van der Waals surface area (Å²) in [6.45, 7) is 4.64. The van der Waals surface area contributed by atoms with Crippen LogP contribution in [0.3, 0.4) is 0 Å². The monoisotopic (exact) mass is 331 g/mol. The molecule has 0 spiro atoms. The predicted octanol–water partition coefficient (Wildman–Crippen LogP) is 3.63. The Bertz CT molecular complexity index is 608. The molecule has 2 rings (SSSR count). The van der Waals surface area contributed by atoms with Gasteiger partial charge in [0.15, 0.2) is 0 Å². The van der Waals surface area contributed by atoms with E-state index in [-0.39, 0.29) is 11.5 Å². The predicted molar refractivity (Wildman–Crippen MR) is 91.6 cm³/mol. The molecule has 1 aromatic rings. The summed E-state index contributed by atoms with van der Waals surface area (Å²) >= 11 is 5.84. The minimum absolute atomic E-state index is 0.152. The molecule has 4 nitrogen and oxygen atoms in total. The second-order valence-electron chi connectivity index (χ2n) is 6.04. The first kappa shape index (κ1) is 17.4. The van der Waals surface area contributed by atoms with Crippen LogP contribution in [0.5, 0.6) is 0 Å². The Hall–Kier alpha value is -1.99. The number of rotatable bonds is 4. The molecule has 1 N–H and O–H groups in total. The van der Waals surface area contributed by atoms with Crippen molar-refractivity contribution in [3.05, 3.63) is 46.6 Å². The van der Waals surface area contributed by atoms with Crippen LogP contribution in [-0.2, 0) is 11.3 Å². The van der Waals surface area contributed by atoms with Gasteiger partial charge >= 0.3 is 0 Å². The lowest BCUT2D eigenvalue weighted by Crippen LogP contribution is -2.40. The van der Waals surface area contributed by atoms with Gasteiger partial charge in [0.2, 0.25) is 0 Å². The molecule has 1 heterocycles. The third-order valence-corrected chi connectivity index (χ3v) is 4.52. The Morgan fingerprint density at radius 2 is 1.96 bits per heavy atom. The lowest BCUT2D eigenvalue weighted by molar-refractivity contribution is -0.117. The van der Waals surface area contributed by atoms with E-state index in [1.165, 1.54) is 6.42 Å². The fourth-order valence-corrected chi connectivity index (χ4v) is 2.99. The molecule has 0 aromatic heterocycles. The highest BCUT2D eigenvalue weighted by Crippen LogP contribution is 2.23. The number of benzene rings is 1. The van der Waals surface area contributed by atoms with Crippen molar-refractivity contribution in [1.82, 2.24) is 10.2 Å². The van der Waals surface area contributed by atoms with Crippen molar-refractivity contribution in [3.63, 3.8) is 0 Å². The van der Waals surface area contributed by atoms with Crippen LogP contribution in [0.2, 0.25) is 5.02 Å². The average molecular weight is 332 g/mol. The molecule has 0 saturated carbocycles. The van der Waals surface area contributed by atoms with Gasteiger partial charge in [0.05, 0.1) is 0 Å². The molecule has 2 unspecified atom stereocenters. The smallest absolute Gasteiger partial charge is 0.263 e. The van der Waals surface area contributed by atoms with E-state index < -0.39 is 0 Å². The van der Waals surface area contributed by atoms with E-state index >= 15 is 0 Å². The number of amides is 1. The van der Waals surface area contributed by atoms with Gasteiger partial charge in [0.1, 0.15) is 11.6 Å². The molecule has 1 aromatic carbocycles. The number of nitrogens with zero attached hydrogens (tertiary/aromatic N) is 2. The zero-order valence-electron chi connectivity index (χ0n) is 13.6. The van der Waals surface area contributed by atoms with E-state index in [2.05, 4.69) is 24.1 Å². The molecule has 2 atom stereocenters. The molecule has 5 heteroatoms. The van der Waals surface area contributed by atoms with Crippen molar-refractivity contribution in [1.29, 1.82) is 5.26 Å². The molecule has 23 heavy (non-hydrogen) atoms. The lowest BCUT2D eigenvalue weighted by atomic mass is 9.98. The number of piperidine rings is 1. The van der Waals surface area contributed by atoms with Gasteiger partial charge in [-0.05, 0) is 50.8 Å². The summed E-state index contributed by atoms with van der Waals surface area (Å²) in [5.74, 6) is -0.340. The molecule has 1 aliphatic heterocycles. The van der Waals surface area contributed by atoms with Gasteiger partial charge in [-0.1, -0.05) is 23.7 Å². The number of hydrogen-bond acceptors (Lipinski definition) is 3. The average Bonchev–Trinajstić information content (AvgIpc) is 2.54. The first-order valence-corrected chi connectivity index (χ1v) is 8.31. The van der Waals surface area contributed by atoms with Gasteiger partial charge < -0.3 is 10.2 Å². The second-order valence-corrected chi connectivity index (χ2v) is 6.48. The van der Waals surface area contributed by atoms with Gasteiger partial charge in [0, 0.05) is 29.9 Å². The van der Waals surface area contributed by atoms with Crippen molar-refractivity contribution in [2.24, 2.45) is 0 Å². The zero-order chi connectivity index (χ0) is 16.8. The molecule has 1 amide bonds. The maximum absolute atomic E-state index is 12.2. The summed E-state index contributed by atoms with van der Waals surface area (Å²) in [6, 6.07) is 9.99. The van der Waals surface area contributed by atoms with Crippen molar-refractivity contribution in [2.75, 3.05) is 0 Å². The van der Waals surface area contributed by atoms with E-state index in [1.54, 1.807) is 18.3 Å². The number of nitrogens with one attached hydrogen (secondary N) is 1. The van der Waals surface area contributed by atoms with Crippen molar-refractivity contribution < 1.29 is 4.79 Å². The summed E-state index contributed by atoms with van der Waals surface area (Å²) < 4.78 is 0. The molecule has 1 aliphatic rings. The summed E-state index contributed by atoms with van der Waals surface area (Å²) in [5.41, 5.74) is 1.10. The Morgan fingerprint density at radius 3 is 2.52 bits per heavy atom. The topological polar surface area (TPSA) is 56.1 Å². The number of carbonyl (C=O) groups is 1. The lowest BCUT2D eigenvalue weighted by Gasteiger charge is -2.38. The number of hydrogen-bond donors (Lipinski definition) is 1. The van der Waals surface area contributed by atoms with Gasteiger partial charge in [-0.25, -0.2) is 0 Å². The van der Waals surface area contributed by atoms with Crippen molar-refractivity contribution in [2.45, 2.75) is 51.7 Å². The van der Waals surface area contributed by atoms with Crippen molar-refractivity contribution in [3.8, 4) is 6.07 Å². The number of carbonyl (C=O) groups excluding carboxylic acids is 1. The summed E-state index contributed by atoms with van der Waals surface area (Å²) in [6.07, 6.45) is 5.08.